The van der Waals surface area contributed by atoms with Gasteiger partial charge in [-0.2, -0.15) is 4.31 Å². The minimum atomic E-state index is -3.40. The molecule has 1 saturated heterocycles. The summed E-state index contributed by atoms with van der Waals surface area (Å²) in [5.74, 6) is 0.572. The summed E-state index contributed by atoms with van der Waals surface area (Å²) in [6.07, 6.45) is 3.89. The Hall–Kier alpha value is -1.50. The minimum Gasteiger partial charge on any atom is -0.241 e. The molecule has 0 amide bonds. The lowest BCUT2D eigenvalue weighted by atomic mass is 10.1. The first-order valence-electron chi connectivity index (χ1n) is 7.12. The highest BCUT2D eigenvalue weighted by atomic mass is 35.5. The molecule has 0 spiro atoms. The highest BCUT2D eigenvalue weighted by Gasteiger charge is 2.27. The molecule has 2 aromatic rings. The van der Waals surface area contributed by atoms with Crippen LogP contribution in [0.5, 0.6) is 0 Å². The van der Waals surface area contributed by atoms with Crippen LogP contribution in [0.15, 0.2) is 41.4 Å². The predicted molar refractivity (Wildman–Crippen MR) is 84.3 cm³/mol. The van der Waals surface area contributed by atoms with E-state index in [0.717, 1.165) is 18.4 Å². The second kappa shape index (κ2) is 6.32. The van der Waals surface area contributed by atoms with Crippen molar-refractivity contribution in [3.05, 3.63) is 53.1 Å². The van der Waals surface area contributed by atoms with E-state index in [-0.39, 0.29) is 0 Å². The summed E-state index contributed by atoms with van der Waals surface area (Å²) in [6.45, 7) is 1.20. The van der Waals surface area contributed by atoms with Crippen LogP contribution in [-0.2, 0) is 16.4 Å². The maximum absolute atomic E-state index is 12.6. The molecule has 0 radical (unpaired) electrons. The summed E-state index contributed by atoms with van der Waals surface area (Å²) >= 11 is 5.85. The first-order valence-corrected chi connectivity index (χ1v) is 8.94. The van der Waals surface area contributed by atoms with Crippen LogP contribution in [-0.4, -0.2) is 35.8 Å². The Bertz CT molecular complexity index is 774. The summed E-state index contributed by atoms with van der Waals surface area (Å²) in [5, 5.41) is 0.380. The second-order valence-corrected chi connectivity index (χ2v) is 7.56. The van der Waals surface area contributed by atoms with Crippen LogP contribution < -0.4 is 0 Å². The molecular formula is C15H16ClN3O2S. The van der Waals surface area contributed by atoms with Crippen LogP contribution in [0, 0.1) is 0 Å². The molecule has 116 valence electrons. The fourth-order valence-electron chi connectivity index (χ4n) is 2.54. The van der Waals surface area contributed by atoms with E-state index in [2.05, 4.69) is 9.97 Å². The molecular weight excluding hydrogens is 322 g/mol. The van der Waals surface area contributed by atoms with Crippen LogP contribution in [0.3, 0.4) is 0 Å². The molecule has 1 fully saturated rings. The van der Waals surface area contributed by atoms with Crippen molar-refractivity contribution in [2.24, 2.45) is 0 Å². The quantitative estimate of drug-likeness (QED) is 0.804. The fraction of sp³-hybridized carbons (Fsp3) is 0.333. The maximum Gasteiger partial charge on any atom is 0.243 e. The smallest absolute Gasteiger partial charge is 0.241 e. The van der Waals surface area contributed by atoms with Gasteiger partial charge in [0.1, 0.15) is 11.0 Å². The number of nitrogens with zero attached hydrogens (tertiary/aromatic N) is 3. The first-order chi connectivity index (χ1) is 10.6. The number of hydrogen-bond acceptors (Lipinski definition) is 4. The van der Waals surface area contributed by atoms with E-state index in [0.29, 0.717) is 35.4 Å². The third-order valence-electron chi connectivity index (χ3n) is 3.63. The molecule has 1 aliphatic rings. The Morgan fingerprint density at radius 2 is 1.95 bits per heavy atom. The molecule has 0 N–H and O–H groups in total. The molecule has 5 nitrogen and oxygen atoms in total. The summed E-state index contributed by atoms with van der Waals surface area (Å²) < 4.78 is 26.7. The lowest BCUT2D eigenvalue weighted by Gasteiger charge is -2.16. The van der Waals surface area contributed by atoms with Gasteiger partial charge >= 0.3 is 0 Å². The molecule has 2 heterocycles. The number of halogens is 1. The van der Waals surface area contributed by atoms with Gasteiger partial charge in [0.25, 0.3) is 0 Å². The molecule has 0 atom stereocenters. The molecule has 7 heteroatoms. The average Bonchev–Trinajstić information content (AvgIpc) is 3.02. The molecule has 1 aromatic heterocycles. The van der Waals surface area contributed by atoms with Crippen molar-refractivity contribution in [1.82, 2.24) is 14.3 Å². The zero-order valence-corrected chi connectivity index (χ0v) is 13.5. The van der Waals surface area contributed by atoms with E-state index in [1.807, 2.05) is 6.07 Å². The lowest BCUT2D eigenvalue weighted by molar-refractivity contribution is 0.477. The molecule has 1 aromatic carbocycles. The van der Waals surface area contributed by atoms with E-state index in [1.165, 1.54) is 0 Å². The third kappa shape index (κ3) is 3.29. The van der Waals surface area contributed by atoms with Gasteiger partial charge < -0.3 is 0 Å². The van der Waals surface area contributed by atoms with E-state index >= 15 is 0 Å². The van der Waals surface area contributed by atoms with Gasteiger partial charge in [0.2, 0.25) is 10.0 Å². The van der Waals surface area contributed by atoms with E-state index in [9.17, 15) is 8.42 Å². The van der Waals surface area contributed by atoms with Gasteiger partial charge in [0.05, 0.1) is 4.90 Å². The monoisotopic (exact) mass is 337 g/mol. The summed E-state index contributed by atoms with van der Waals surface area (Å²) in [4.78, 5) is 8.61. The van der Waals surface area contributed by atoms with Gasteiger partial charge in [0.15, 0.2) is 0 Å². The maximum atomic E-state index is 12.6. The number of aromatic nitrogens is 2. The van der Waals surface area contributed by atoms with Crippen LogP contribution in [0.25, 0.3) is 0 Å². The molecule has 0 saturated carbocycles. The molecule has 0 aliphatic carbocycles. The molecule has 3 rings (SSSR count). The second-order valence-electron chi connectivity index (χ2n) is 5.23. The standard InChI is InChI=1S/C15H16ClN3O2S/c16-14-6-7-17-15(18-14)11-12-4-3-5-13(10-12)22(20,21)19-8-1-2-9-19/h3-7,10H,1-2,8-9,11H2. The predicted octanol–water partition coefficient (Wildman–Crippen LogP) is 2.51. The van der Waals surface area contributed by atoms with Gasteiger partial charge in [-0.3, -0.25) is 0 Å². The number of rotatable bonds is 4. The lowest BCUT2D eigenvalue weighted by Crippen LogP contribution is -2.27. The Labute approximate surface area is 135 Å². The fourth-order valence-corrected chi connectivity index (χ4v) is 4.28. The average molecular weight is 338 g/mol. The van der Waals surface area contributed by atoms with Gasteiger partial charge in [-0.25, -0.2) is 18.4 Å². The van der Waals surface area contributed by atoms with Crippen molar-refractivity contribution < 1.29 is 8.42 Å². The number of benzene rings is 1. The van der Waals surface area contributed by atoms with Gasteiger partial charge in [0, 0.05) is 25.7 Å². The van der Waals surface area contributed by atoms with Crippen molar-refractivity contribution in [1.29, 1.82) is 0 Å². The van der Waals surface area contributed by atoms with Crippen LogP contribution in [0.1, 0.15) is 24.2 Å². The highest BCUT2D eigenvalue weighted by molar-refractivity contribution is 7.89. The van der Waals surface area contributed by atoms with Crippen molar-refractivity contribution >= 4 is 21.6 Å². The Kier molecular flexibility index (Phi) is 4.42. The molecule has 22 heavy (non-hydrogen) atoms. The summed E-state index contributed by atoms with van der Waals surface area (Å²) in [6, 6.07) is 8.56. The van der Waals surface area contributed by atoms with Crippen LogP contribution >= 0.6 is 11.6 Å². The molecule has 0 unspecified atom stereocenters. The summed E-state index contributed by atoms with van der Waals surface area (Å²) in [5.41, 5.74) is 0.850. The van der Waals surface area contributed by atoms with E-state index < -0.39 is 10.0 Å². The topological polar surface area (TPSA) is 63.2 Å². The Balaban J connectivity index is 1.86. The highest BCUT2D eigenvalue weighted by Crippen LogP contribution is 2.22. The number of hydrogen-bond donors (Lipinski definition) is 0. The Morgan fingerprint density at radius 3 is 2.68 bits per heavy atom. The molecule has 0 bridgehead atoms. The van der Waals surface area contributed by atoms with Crippen molar-refractivity contribution in [2.75, 3.05) is 13.1 Å². The summed E-state index contributed by atoms with van der Waals surface area (Å²) in [7, 11) is -3.40. The first kappa shape index (κ1) is 15.4. The minimum absolute atomic E-state index is 0.328. The van der Waals surface area contributed by atoms with E-state index in [1.54, 1.807) is 34.8 Å². The van der Waals surface area contributed by atoms with Crippen molar-refractivity contribution in [2.45, 2.75) is 24.2 Å². The van der Waals surface area contributed by atoms with Crippen molar-refractivity contribution in [3.63, 3.8) is 0 Å². The van der Waals surface area contributed by atoms with Crippen LogP contribution in [0.2, 0.25) is 5.15 Å². The van der Waals surface area contributed by atoms with Gasteiger partial charge in [-0.15, -0.1) is 0 Å². The largest absolute Gasteiger partial charge is 0.243 e. The Morgan fingerprint density at radius 1 is 1.18 bits per heavy atom. The van der Waals surface area contributed by atoms with E-state index in [4.69, 9.17) is 11.6 Å². The normalized spacial score (nSPS) is 16.0. The van der Waals surface area contributed by atoms with Gasteiger partial charge in [-0.1, -0.05) is 23.7 Å². The number of sulfonamides is 1. The zero-order valence-electron chi connectivity index (χ0n) is 11.9. The SMILES string of the molecule is O=S(=O)(c1cccc(Cc2nccc(Cl)n2)c1)N1CCCC1. The zero-order chi connectivity index (χ0) is 15.6. The van der Waals surface area contributed by atoms with Crippen molar-refractivity contribution in [3.8, 4) is 0 Å². The molecule has 1 aliphatic heterocycles. The van der Waals surface area contributed by atoms with Gasteiger partial charge in [-0.05, 0) is 36.6 Å². The van der Waals surface area contributed by atoms with Crippen LogP contribution in [0.4, 0.5) is 0 Å². The third-order valence-corrected chi connectivity index (χ3v) is 5.74.